The van der Waals surface area contributed by atoms with Gasteiger partial charge in [0.05, 0.1) is 27.8 Å². The van der Waals surface area contributed by atoms with Crippen molar-refractivity contribution in [1.82, 2.24) is 19.5 Å². The van der Waals surface area contributed by atoms with Gasteiger partial charge in [0.15, 0.2) is 29.0 Å². The van der Waals surface area contributed by atoms with E-state index in [1.165, 1.54) is 0 Å². The highest BCUT2D eigenvalue weighted by Gasteiger charge is 2.29. The highest BCUT2D eigenvalue weighted by molar-refractivity contribution is 6.15. The molecule has 0 saturated heterocycles. The summed E-state index contributed by atoms with van der Waals surface area (Å²) < 4.78 is 9.10. The van der Waals surface area contributed by atoms with Crippen LogP contribution in [0.4, 0.5) is 17.1 Å². The van der Waals surface area contributed by atoms with Crippen LogP contribution >= 0.6 is 0 Å². The van der Waals surface area contributed by atoms with Crippen LogP contribution in [0.5, 0.6) is 11.5 Å². The average molecular weight is 656 g/mol. The molecule has 6 heteroatoms. The lowest BCUT2D eigenvalue weighted by Crippen LogP contribution is -2.15. The lowest BCUT2D eigenvalue weighted by Gasteiger charge is -2.33. The number of para-hydroxylation sites is 4. The van der Waals surface area contributed by atoms with E-state index in [2.05, 4.69) is 107 Å². The standard InChI is InChI=1S/C45H29N5O/c1-4-14-30(15-5-1)43-46-44(31-16-6-2-7-17-31)48-45(47-43)32-24-26-34(27-25-32)49-36-21-11-10-20-35(36)41-38(49)28-29-39-42(41)51-40-23-13-12-22-37(40)50(39)33-18-8-3-9-19-33/h1-29H. The van der Waals surface area contributed by atoms with Crippen molar-refractivity contribution in [3.05, 3.63) is 176 Å². The molecule has 3 heterocycles. The first-order valence-corrected chi connectivity index (χ1v) is 17.0. The minimum Gasteiger partial charge on any atom is -0.452 e. The molecular formula is C45H29N5O. The number of rotatable bonds is 5. The lowest BCUT2D eigenvalue weighted by atomic mass is 10.1. The predicted molar refractivity (Wildman–Crippen MR) is 205 cm³/mol. The largest absolute Gasteiger partial charge is 0.452 e. The maximum Gasteiger partial charge on any atom is 0.164 e. The molecule has 0 unspecified atom stereocenters. The summed E-state index contributed by atoms with van der Waals surface area (Å²) >= 11 is 0. The van der Waals surface area contributed by atoms with Gasteiger partial charge in [0.1, 0.15) is 0 Å². The molecule has 1 aliphatic heterocycles. The van der Waals surface area contributed by atoms with E-state index >= 15 is 0 Å². The molecule has 0 bridgehead atoms. The molecule has 10 rings (SSSR count). The molecule has 2 aromatic heterocycles. The van der Waals surface area contributed by atoms with Crippen LogP contribution in [-0.4, -0.2) is 19.5 Å². The molecule has 0 aliphatic carbocycles. The second-order valence-corrected chi connectivity index (χ2v) is 12.5. The number of fused-ring (bicyclic) bond motifs is 6. The number of anilines is 3. The maximum atomic E-state index is 6.79. The van der Waals surface area contributed by atoms with Gasteiger partial charge in [-0.25, -0.2) is 15.0 Å². The third-order valence-electron chi connectivity index (χ3n) is 9.43. The molecule has 0 fully saturated rings. The van der Waals surface area contributed by atoms with Gasteiger partial charge in [-0.1, -0.05) is 109 Å². The van der Waals surface area contributed by atoms with Crippen LogP contribution in [0.2, 0.25) is 0 Å². The Morgan fingerprint density at radius 3 is 1.61 bits per heavy atom. The second kappa shape index (κ2) is 11.8. The molecule has 6 nitrogen and oxygen atoms in total. The van der Waals surface area contributed by atoms with Gasteiger partial charge < -0.3 is 14.2 Å². The van der Waals surface area contributed by atoms with E-state index < -0.39 is 0 Å². The number of hydrogen-bond donors (Lipinski definition) is 0. The number of nitrogens with zero attached hydrogens (tertiary/aromatic N) is 5. The van der Waals surface area contributed by atoms with Gasteiger partial charge in [0, 0.05) is 33.5 Å². The van der Waals surface area contributed by atoms with E-state index in [0.717, 1.165) is 72.7 Å². The van der Waals surface area contributed by atoms with E-state index in [0.29, 0.717) is 17.5 Å². The minimum absolute atomic E-state index is 0.624. The van der Waals surface area contributed by atoms with Crippen LogP contribution < -0.4 is 9.64 Å². The van der Waals surface area contributed by atoms with Crippen LogP contribution in [0.3, 0.4) is 0 Å². The Balaban J connectivity index is 1.12. The van der Waals surface area contributed by atoms with Gasteiger partial charge in [-0.2, -0.15) is 0 Å². The fourth-order valence-electron chi connectivity index (χ4n) is 7.10. The van der Waals surface area contributed by atoms with Gasteiger partial charge in [0.2, 0.25) is 0 Å². The zero-order valence-electron chi connectivity index (χ0n) is 27.4. The molecule has 0 spiro atoms. The topological polar surface area (TPSA) is 56.1 Å². The van der Waals surface area contributed by atoms with Gasteiger partial charge in [-0.3, -0.25) is 0 Å². The molecule has 0 atom stereocenters. The van der Waals surface area contributed by atoms with Gasteiger partial charge >= 0.3 is 0 Å². The SMILES string of the molecule is c1ccc(-c2nc(-c3ccccc3)nc(-c3ccc(-n4c5ccccc5c5c6c(ccc54)N(c4ccccc4)c4ccccc4O6)cc3)n2)cc1. The molecule has 0 saturated carbocycles. The molecule has 51 heavy (non-hydrogen) atoms. The van der Waals surface area contributed by atoms with Crippen molar-refractivity contribution < 1.29 is 4.74 Å². The Morgan fingerprint density at radius 2 is 0.941 bits per heavy atom. The van der Waals surface area contributed by atoms with Crippen LogP contribution in [0.15, 0.2) is 176 Å². The van der Waals surface area contributed by atoms with E-state index in [-0.39, 0.29) is 0 Å². The fourth-order valence-corrected chi connectivity index (χ4v) is 7.10. The number of ether oxygens (including phenoxy) is 1. The van der Waals surface area contributed by atoms with E-state index in [1.807, 2.05) is 78.9 Å². The molecule has 0 N–H and O–H groups in total. The van der Waals surface area contributed by atoms with Crippen LogP contribution in [0.1, 0.15) is 0 Å². The van der Waals surface area contributed by atoms with Gasteiger partial charge in [0.25, 0.3) is 0 Å². The van der Waals surface area contributed by atoms with E-state index in [1.54, 1.807) is 0 Å². The van der Waals surface area contributed by atoms with Crippen molar-refractivity contribution in [2.45, 2.75) is 0 Å². The summed E-state index contributed by atoms with van der Waals surface area (Å²) in [6, 6.07) is 60.2. The molecule has 7 aromatic carbocycles. The molecule has 0 amide bonds. The molecule has 240 valence electrons. The van der Waals surface area contributed by atoms with Crippen LogP contribution in [0, 0.1) is 0 Å². The monoisotopic (exact) mass is 655 g/mol. The van der Waals surface area contributed by atoms with E-state index in [9.17, 15) is 0 Å². The Bertz CT molecular complexity index is 2650. The molecule has 1 aliphatic rings. The number of aromatic nitrogens is 4. The molecule has 9 aromatic rings. The molecule has 0 radical (unpaired) electrons. The quantitative estimate of drug-likeness (QED) is 0.185. The van der Waals surface area contributed by atoms with Crippen LogP contribution in [0.25, 0.3) is 61.7 Å². The zero-order valence-corrected chi connectivity index (χ0v) is 27.4. The second-order valence-electron chi connectivity index (χ2n) is 12.5. The van der Waals surface area contributed by atoms with Gasteiger partial charge in [-0.05, 0) is 66.7 Å². The summed E-state index contributed by atoms with van der Waals surface area (Å²) in [4.78, 5) is 17.0. The summed E-state index contributed by atoms with van der Waals surface area (Å²) in [5.74, 6) is 3.57. The first-order chi connectivity index (χ1) is 25.3. The van der Waals surface area contributed by atoms with Crippen molar-refractivity contribution in [3.63, 3.8) is 0 Å². The predicted octanol–water partition coefficient (Wildman–Crippen LogP) is 11.5. The van der Waals surface area contributed by atoms with Crippen molar-refractivity contribution in [1.29, 1.82) is 0 Å². The summed E-state index contributed by atoms with van der Waals surface area (Å²) in [5.41, 5.74) is 9.08. The van der Waals surface area contributed by atoms with E-state index in [4.69, 9.17) is 19.7 Å². The van der Waals surface area contributed by atoms with Crippen molar-refractivity contribution in [3.8, 4) is 51.3 Å². The zero-order chi connectivity index (χ0) is 33.7. The third-order valence-corrected chi connectivity index (χ3v) is 9.43. The normalized spacial score (nSPS) is 12.0. The first-order valence-electron chi connectivity index (χ1n) is 17.0. The third kappa shape index (κ3) is 4.84. The Kier molecular flexibility index (Phi) is 6.70. The Labute approximate surface area is 294 Å². The van der Waals surface area contributed by atoms with Crippen molar-refractivity contribution >= 4 is 38.9 Å². The number of benzene rings is 7. The van der Waals surface area contributed by atoms with Crippen LogP contribution in [-0.2, 0) is 0 Å². The van der Waals surface area contributed by atoms with Crippen molar-refractivity contribution in [2.75, 3.05) is 4.90 Å². The van der Waals surface area contributed by atoms with Crippen molar-refractivity contribution in [2.24, 2.45) is 0 Å². The highest BCUT2D eigenvalue weighted by Crippen LogP contribution is 2.54. The fraction of sp³-hybridized carbons (Fsp3) is 0. The first kappa shape index (κ1) is 28.9. The Morgan fingerprint density at radius 1 is 0.392 bits per heavy atom. The highest BCUT2D eigenvalue weighted by atomic mass is 16.5. The van der Waals surface area contributed by atoms with Gasteiger partial charge in [-0.15, -0.1) is 0 Å². The lowest BCUT2D eigenvalue weighted by molar-refractivity contribution is 0.483. The number of hydrogen-bond acceptors (Lipinski definition) is 5. The molecular weight excluding hydrogens is 627 g/mol. The smallest absolute Gasteiger partial charge is 0.164 e. The Hall–Kier alpha value is -7.05. The summed E-state index contributed by atoms with van der Waals surface area (Å²) in [5, 5.41) is 2.19. The minimum atomic E-state index is 0.624. The summed E-state index contributed by atoms with van der Waals surface area (Å²) in [6.07, 6.45) is 0. The summed E-state index contributed by atoms with van der Waals surface area (Å²) in [7, 11) is 0. The maximum absolute atomic E-state index is 6.79. The average Bonchev–Trinajstić information content (AvgIpc) is 3.55. The summed E-state index contributed by atoms with van der Waals surface area (Å²) in [6.45, 7) is 0.